The molecule has 3 atom stereocenters. The first-order chi connectivity index (χ1) is 15.1. The van der Waals surface area contributed by atoms with Crippen LogP contribution in [0.3, 0.4) is 0 Å². The third-order valence-corrected chi connectivity index (χ3v) is 7.39. The summed E-state index contributed by atoms with van der Waals surface area (Å²) in [7, 11) is 0. The van der Waals surface area contributed by atoms with Gasteiger partial charge >= 0.3 is 0 Å². The fourth-order valence-corrected chi connectivity index (χ4v) is 5.10. The van der Waals surface area contributed by atoms with Crippen molar-refractivity contribution in [3.8, 4) is 6.07 Å². The molecule has 1 saturated heterocycles. The maximum Gasteiger partial charge on any atom is 0.240 e. The minimum atomic E-state index is -0.325. The summed E-state index contributed by atoms with van der Waals surface area (Å²) in [6.07, 6.45) is 5.51. The van der Waals surface area contributed by atoms with Crippen LogP contribution in [0.1, 0.15) is 32.4 Å². The number of likely N-dealkylation sites (tertiary alicyclic amines) is 1. The number of nitriles is 1. The van der Waals surface area contributed by atoms with Crippen molar-refractivity contribution in [2.24, 2.45) is 11.8 Å². The molecule has 7 heteroatoms. The Hall–Kier alpha value is -2.69. The topological polar surface area (TPSA) is 76.8 Å². The van der Waals surface area contributed by atoms with E-state index in [0.29, 0.717) is 30.5 Å². The molecule has 31 heavy (non-hydrogen) atoms. The fraction of sp³-hybridized carbons (Fsp3) is 0.417. The summed E-state index contributed by atoms with van der Waals surface area (Å²) in [5.74, 6) is 1.31. The zero-order valence-electron chi connectivity index (χ0n) is 18.0. The number of amides is 1. The molecule has 0 bridgehead atoms. The number of piperidine rings is 1. The number of nitrogens with one attached hydrogen (secondary N) is 2. The van der Waals surface area contributed by atoms with Crippen molar-refractivity contribution in [1.82, 2.24) is 19.2 Å². The molecule has 0 radical (unpaired) electrons. The van der Waals surface area contributed by atoms with E-state index < -0.39 is 0 Å². The first kappa shape index (κ1) is 21.5. The van der Waals surface area contributed by atoms with E-state index in [1.54, 1.807) is 6.07 Å². The van der Waals surface area contributed by atoms with E-state index in [1.807, 2.05) is 40.1 Å². The Labute approximate surface area is 187 Å². The van der Waals surface area contributed by atoms with E-state index >= 15 is 0 Å². The number of rotatable bonds is 7. The van der Waals surface area contributed by atoms with Crippen molar-refractivity contribution in [2.45, 2.75) is 44.2 Å². The van der Waals surface area contributed by atoms with Crippen molar-refractivity contribution in [1.29, 1.82) is 5.26 Å². The lowest BCUT2D eigenvalue weighted by Crippen LogP contribution is -2.49. The summed E-state index contributed by atoms with van der Waals surface area (Å²) in [6.45, 7) is 6.74. The number of fused-ring (bicyclic) bond motifs is 1. The second-order valence-corrected chi connectivity index (χ2v) is 9.36. The van der Waals surface area contributed by atoms with Crippen LogP contribution in [0.4, 0.5) is 0 Å². The molecular weight excluding hydrogens is 406 g/mol. The SMILES string of the molecule is CC1CCN(C(=O)C(CCn2cccc2C#N)NSc2cccc3[nH]ccc23)CC1C. The number of benzene rings is 1. The second kappa shape index (κ2) is 9.63. The number of H-pyrrole nitrogens is 1. The smallest absolute Gasteiger partial charge is 0.240 e. The summed E-state index contributed by atoms with van der Waals surface area (Å²) in [6, 6.07) is 13.8. The summed E-state index contributed by atoms with van der Waals surface area (Å²) < 4.78 is 5.37. The number of carbonyl (C=O) groups is 1. The van der Waals surface area contributed by atoms with Crippen LogP contribution in [0, 0.1) is 23.2 Å². The average Bonchev–Trinajstić information content (AvgIpc) is 3.44. The minimum absolute atomic E-state index is 0.151. The molecule has 3 unspecified atom stereocenters. The van der Waals surface area contributed by atoms with Crippen LogP contribution in [0.2, 0.25) is 0 Å². The van der Waals surface area contributed by atoms with Gasteiger partial charge in [-0.15, -0.1) is 0 Å². The average molecular weight is 436 g/mol. The molecule has 0 aliphatic carbocycles. The Morgan fingerprint density at radius 1 is 1.29 bits per heavy atom. The molecular formula is C24H29N5OS. The standard InChI is InChI=1S/C24H29N5OS/c1-17-9-13-29(16-18(17)2)24(30)22(10-14-28-12-4-5-19(28)15-25)27-31-23-7-3-6-21-20(23)8-11-26-21/h3-8,11-12,17-18,22,26-27H,9-10,13-14,16H2,1-2H3. The molecule has 1 fully saturated rings. The number of hydrogen-bond donors (Lipinski definition) is 2. The van der Waals surface area contributed by atoms with Gasteiger partial charge in [0.05, 0.1) is 6.04 Å². The van der Waals surface area contributed by atoms with Gasteiger partial charge in [0.15, 0.2) is 0 Å². The highest BCUT2D eigenvalue weighted by Gasteiger charge is 2.30. The Balaban J connectivity index is 1.49. The van der Waals surface area contributed by atoms with Crippen molar-refractivity contribution in [3.05, 3.63) is 54.5 Å². The molecule has 6 nitrogen and oxygen atoms in total. The van der Waals surface area contributed by atoms with Crippen LogP contribution in [-0.2, 0) is 11.3 Å². The highest BCUT2D eigenvalue weighted by Crippen LogP contribution is 2.27. The van der Waals surface area contributed by atoms with Crippen LogP contribution in [-0.4, -0.2) is 39.5 Å². The molecule has 1 aliphatic rings. The molecule has 162 valence electrons. The molecule has 2 N–H and O–H groups in total. The van der Waals surface area contributed by atoms with Crippen molar-refractivity contribution in [3.63, 3.8) is 0 Å². The maximum atomic E-state index is 13.5. The third-order valence-electron chi connectivity index (χ3n) is 6.41. The molecule has 1 aliphatic heterocycles. The van der Waals surface area contributed by atoms with Crippen molar-refractivity contribution in [2.75, 3.05) is 13.1 Å². The quantitative estimate of drug-likeness (QED) is 0.539. The van der Waals surface area contributed by atoms with Gasteiger partial charge in [0.25, 0.3) is 0 Å². The Kier molecular flexibility index (Phi) is 6.69. The molecule has 3 heterocycles. The van der Waals surface area contributed by atoms with Gasteiger partial charge in [-0.3, -0.25) is 4.79 Å². The number of nitrogens with zero attached hydrogens (tertiary/aromatic N) is 3. The van der Waals surface area contributed by atoms with Gasteiger partial charge in [0.2, 0.25) is 5.91 Å². The predicted molar refractivity (Wildman–Crippen MR) is 124 cm³/mol. The Morgan fingerprint density at radius 2 is 2.16 bits per heavy atom. The number of aryl methyl sites for hydroxylation is 1. The summed E-state index contributed by atoms with van der Waals surface area (Å²) in [5, 5.41) is 10.4. The van der Waals surface area contributed by atoms with Crippen LogP contribution in [0.15, 0.2) is 53.7 Å². The molecule has 1 aromatic carbocycles. The van der Waals surface area contributed by atoms with E-state index in [0.717, 1.165) is 35.3 Å². The number of aromatic nitrogens is 2. The second-order valence-electron chi connectivity index (χ2n) is 8.48. The normalized spacial score (nSPS) is 20.0. The lowest BCUT2D eigenvalue weighted by molar-refractivity contribution is -0.135. The molecule has 4 rings (SSSR count). The van der Waals surface area contributed by atoms with Gasteiger partial charge in [0.1, 0.15) is 11.8 Å². The molecule has 3 aromatic rings. The largest absolute Gasteiger partial charge is 0.361 e. The monoisotopic (exact) mass is 435 g/mol. The fourth-order valence-electron chi connectivity index (χ4n) is 4.18. The Bertz CT molecular complexity index is 1080. The first-order valence-corrected chi connectivity index (χ1v) is 11.7. The number of aromatic amines is 1. The predicted octanol–water partition coefficient (Wildman–Crippen LogP) is 4.40. The summed E-state index contributed by atoms with van der Waals surface area (Å²) >= 11 is 1.51. The summed E-state index contributed by atoms with van der Waals surface area (Å²) in [5.41, 5.74) is 1.70. The van der Waals surface area contributed by atoms with Crippen LogP contribution >= 0.6 is 11.9 Å². The summed E-state index contributed by atoms with van der Waals surface area (Å²) in [4.78, 5) is 19.8. The van der Waals surface area contributed by atoms with Gasteiger partial charge in [-0.2, -0.15) is 5.26 Å². The van der Waals surface area contributed by atoms with Gasteiger partial charge in [-0.25, -0.2) is 4.72 Å². The van der Waals surface area contributed by atoms with Crippen molar-refractivity contribution < 1.29 is 4.79 Å². The number of carbonyl (C=O) groups excluding carboxylic acids is 1. The Morgan fingerprint density at radius 3 is 2.97 bits per heavy atom. The van der Waals surface area contributed by atoms with E-state index in [2.05, 4.69) is 41.8 Å². The van der Waals surface area contributed by atoms with E-state index in [4.69, 9.17) is 0 Å². The lowest BCUT2D eigenvalue weighted by atomic mass is 9.88. The third kappa shape index (κ3) is 4.81. The zero-order valence-corrected chi connectivity index (χ0v) is 18.9. The van der Waals surface area contributed by atoms with E-state index in [1.165, 1.54) is 11.9 Å². The van der Waals surface area contributed by atoms with Gasteiger partial charge < -0.3 is 14.5 Å². The lowest BCUT2D eigenvalue weighted by Gasteiger charge is -2.37. The zero-order chi connectivity index (χ0) is 21.8. The van der Waals surface area contributed by atoms with Crippen LogP contribution < -0.4 is 4.72 Å². The molecule has 1 amide bonds. The van der Waals surface area contributed by atoms with Gasteiger partial charge in [0, 0.05) is 47.8 Å². The minimum Gasteiger partial charge on any atom is -0.361 e. The van der Waals surface area contributed by atoms with Crippen LogP contribution in [0.5, 0.6) is 0 Å². The van der Waals surface area contributed by atoms with Crippen molar-refractivity contribution >= 4 is 28.8 Å². The van der Waals surface area contributed by atoms with Gasteiger partial charge in [-0.1, -0.05) is 19.9 Å². The molecule has 2 aromatic heterocycles. The maximum absolute atomic E-state index is 13.5. The number of hydrogen-bond acceptors (Lipinski definition) is 4. The van der Waals surface area contributed by atoms with E-state index in [9.17, 15) is 10.1 Å². The highest BCUT2D eigenvalue weighted by atomic mass is 32.2. The highest BCUT2D eigenvalue weighted by molar-refractivity contribution is 7.97. The van der Waals surface area contributed by atoms with Gasteiger partial charge in [-0.05, 0) is 67.0 Å². The van der Waals surface area contributed by atoms with Crippen LogP contribution in [0.25, 0.3) is 10.9 Å². The molecule has 0 spiro atoms. The molecule has 0 saturated carbocycles. The van der Waals surface area contributed by atoms with E-state index in [-0.39, 0.29) is 11.9 Å². The first-order valence-electron chi connectivity index (χ1n) is 10.9.